The van der Waals surface area contributed by atoms with Crippen LogP contribution in [-0.2, 0) is 6.54 Å². The largest absolute Gasteiger partial charge is 0.398 e. The van der Waals surface area contributed by atoms with Gasteiger partial charge < -0.3 is 11.5 Å². The molecular formula is C12H12BrN3O. The number of nitrogen functional groups attached to an aromatic ring is 1. The first kappa shape index (κ1) is 11.9. The summed E-state index contributed by atoms with van der Waals surface area (Å²) in [5.41, 5.74) is 12.9. The zero-order valence-electron chi connectivity index (χ0n) is 9.06. The summed E-state index contributed by atoms with van der Waals surface area (Å²) in [5, 5.41) is 0. The van der Waals surface area contributed by atoms with Gasteiger partial charge >= 0.3 is 0 Å². The molecule has 1 aromatic carbocycles. The lowest BCUT2D eigenvalue weighted by Gasteiger charge is -2.10. The van der Waals surface area contributed by atoms with Crippen molar-refractivity contribution in [3.63, 3.8) is 0 Å². The van der Waals surface area contributed by atoms with E-state index >= 15 is 0 Å². The number of benzene rings is 1. The minimum atomic E-state index is -0.145. The molecule has 2 aromatic rings. The molecule has 0 radical (unpaired) electrons. The van der Waals surface area contributed by atoms with E-state index in [-0.39, 0.29) is 12.1 Å². The molecule has 0 spiro atoms. The number of halogens is 1. The lowest BCUT2D eigenvalue weighted by molar-refractivity contribution is 0.925. The molecule has 0 unspecified atom stereocenters. The van der Waals surface area contributed by atoms with E-state index in [2.05, 4.69) is 15.9 Å². The molecule has 0 aliphatic carbocycles. The lowest BCUT2D eigenvalue weighted by Crippen LogP contribution is -2.24. The van der Waals surface area contributed by atoms with Gasteiger partial charge in [-0.3, -0.25) is 9.36 Å². The third-order valence-electron chi connectivity index (χ3n) is 2.44. The summed E-state index contributed by atoms with van der Waals surface area (Å²) in [6, 6.07) is 9.06. The summed E-state index contributed by atoms with van der Waals surface area (Å²) in [6.07, 6.45) is 1.60. The number of aromatic nitrogens is 1. The van der Waals surface area contributed by atoms with Crippen molar-refractivity contribution in [2.75, 3.05) is 5.73 Å². The van der Waals surface area contributed by atoms with E-state index in [9.17, 15) is 4.79 Å². The van der Waals surface area contributed by atoms with E-state index in [4.69, 9.17) is 11.5 Å². The maximum atomic E-state index is 12.1. The lowest BCUT2D eigenvalue weighted by atomic mass is 10.2. The Morgan fingerprint density at radius 2 is 2.00 bits per heavy atom. The Morgan fingerprint density at radius 3 is 2.65 bits per heavy atom. The highest BCUT2D eigenvalue weighted by atomic mass is 79.9. The minimum Gasteiger partial charge on any atom is -0.398 e. The first-order chi connectivity index (χ1) is 8.13. The van der Waals surface area contributed by atoms with Crippen LogP contribution in [0.4, 0.5) is 5.69 Å². The molecule has 1 aromatic heterocycles. The molecule has 1 heterocycles. The molecule has 4 nitrogen and oxygen atoms in total. The van der Waals surface area contributed by atoms with Gasteiger partial charge in [-0.05, 0) is 34.1 Å². The highest BCUT2D eigenvalue weighted by Gasteiger charge is 2.08. The van der Waals surface area contributed by atoms with Crippen LogP contribution in [-0.4, -0.2) is 4.57 Å². The molecule has 0 atom stereocenters. The van der Waals surface area contributed by atoms with Crippen LogP contribution in [0.5, 0.6) is 0 Å². The second-order valence-electron chi connectivity index (χ2n) is 3.63. The van der Waals surface area contributed by atoms with Gasteiger partial charge in [0, 0.05) is 28.5 Å². The predicted octanol–water partition coefficient (Wildman–Crippen LogP) is 1.64. The Labute approximate surface area is 107 Å². The van der Waals surface area contributed by atoms with Gasteiger partial charge in [-0.25, -0.2) is 0 Å². The first-order valence-corrected chi connectivity index (χ1v) is 5.89. The fourth-order valence-electron chi connectivity index (χ4n) is 1.63. The number of anilines is 1. The predicted molar refractivity (Wildman–Crippen MR) is 72.0 cm³/mol. The molecule has 0 amide bonds. The molecule has 0 bridgehead atoms. The molecule has 5 heteroatoms. The second-order valence-corrected chi connectivity index (χ2v) is 4.48. The van der Waals surface area contributed by atoms with Crippen molar-refractivity contribution in [3.05, 3.63) is 56.9 Å². The zero-order valence-corrected chi connectivity index (χ0v) is 10.6. The standard InChI is InChI=1S/C12H12BrN3O/c13-10-3-1-2-4-11(10)16-7-9(15)5-8(6-14)12(16)17/h1-5,7H,6,14-15H2. The fraction of sp³-hybridized carbons (Fsp3) is 0.0833. The van der Waals surface area contributed by atoms with Gasteiger partial charge in [0.1, 0.15) is 0 Å². The minimum absolute atomic E-state index is 0.145. The van der Waals surface area contributed by atoms with Crippen molar-refractivity contribution in [2.24, 2.45) is 5.73 Å². The summed E-state index contributed by atoms with van der Waals surface area (Å²) in [6.45, 7) is 0.175. The van der Waals surface area contributed by atoms with Gasteiger partial charge in [-0.15, -0.1) is 0 Å². The van der Waals surface area contributed by atoms with Crippen LogP contribution < -0.4 is 17.0 Å². The van der Waals surface area contributed by atoms with E-state index in [0.717, 1.165) is 10.2 Å². The van der Waals surface area contributed by atoms with Crippen LogP contribution in [0.25, 0.3) is 5.69 Å². The van der Waals surface area contributed by atoms with Crippen LogP contribution in [0.15, 0.2) is 45.8 Å². The average Bonchev–Trinajstić information content (AvgIpc) is 2.32. The molecule has 2 rings (SSSR count). The van der Waals surface area contributed by atoms with Crippen molar-refractivity contribution >= 4 is 21.6 Å². The van der Waals surface area contributed by atoms with Crippen molar-refractivity contribution in [2.45, 2.75) is 6.54 Å². The molecule has 0 fully saturated rings. The topological polar surface area (TPSA) is 74.0 Å². The smallest absolute Gasteiger partial charge is 0.259 e. The summed E-state index contributed by atoms with van der Waals surface area (Å²) in [4.78, 5) is 12.1. The Hall–Kier alpha value is -1.59. The van der Waals surface area contributed by atoms with Crippen LogP contribution in [0.3, 0.4) is 0 Å². The summed E-state index contributed by atoms with van der Waals surface area (Å²) in [5.74, 6) is 0. The Morgan fingerprint density at radius 1 is 1.29 bits per heavy atom. The van der Waals surface area contributed by atoms with E-state index in [1.165, 1.54) is 4.57 Å². The number of pyridine rings is 1. The van der Waals surface area contributed by atoms with Gasteiger partial charge in [-0.2, -0.15) is 0 Å². The fourth-order valence-corrected chi connectivity index (χ4v) is 2.11. The van der Waals surface area contributed by atoms with E-state index in [1.807, 2.05) is 24.3 Å². The molecule has 0 saturated carbocycles. The number of hydrogen-bond donors (Lipinski definition) is 2. The molecule has 0 saturated heterocycles. The van der Waals surface area contributed by atoms with E-state index in [0.29, 0.717) is 11.3 Å². The molecule has 4 N–H and O–H groups in total. The maximum absolute atomic E-state index is 12.1. The first-order valence-electron chi connectivity index (χ1n) is 5.09. The molecule has 17 heavy (non-hydrogen) atoms. The van der Waals surface area contributed by atoms with Gasteiger partial charge in [0.25, 0.3) is 5.56 Å². The van der Waals surface area contributed by atoms with Crippen LogP contribution >= 0.6 is 15.9 Å². The normalized spacial score (nSPS) is 10.5. The third-order valence-corrected chi connectivity index (χ3v) is 3.12. The Bertz CT molecular complexity index is 607. The van der Waals surface area contributed by atoms with Crippen LogP contribution in [0.2, 0.25) is 0 Å². The Balaban J connectivity index is 2.72. The number of nitrogens with zero attached hydrogens (tertiary/aromatic N) is 1. The van der Waals surface area contributed by atoms with Crippen molar-refractivity contribution < 1.29 is 0 Å². The molecule has 0 aliphatic heterocycles. The van der Waals surface area contributed by atoms with Gasteiger partial charge in [0.05, 0.1) is 5.69 Å². The monoisotopic (exact) mass is 293 g/mol. The number of para-hydroxylation sites is 1. The number of rotatable bonds is 2. The number of hydrogen-bond acceptors (Lipinski definition) is 3. The average molecular weight is 294 g/mol. The Kier molecular flexibility index (Phi) is 3.31. The summed E-state index contributed by atoms with van der Waals surface area (Å²) < 4.78 is 2.33. The second kappa shape index (κ2) is 4.73. The molecular weight excluding hydrogens is 282 g/mol. The molecule has 0 aliphatic rings. The van der Waals surface area contributed by atoms with Crippen molar-refractivity contribution in [1.29, 1.82) is 0 Å². The highest BCUT2D eigenvalue weighted by molar-refractivity contribution is 9.10. The van der Waals surface area contributed by atoms with E-state index in [1.54, 1.807) is 12.3 Å². The number of nitrogens with two attached hydrogens (primary N) is 2. The maximum Gasteiger partial charge on any atom is 0.259 e. The highest BCUT2D eigenvalue weighted by Crippen LogP contribution is 2.19. The van der Waals surface area contributed by atoms with E-state index < -0.39 is 0 Å². The third kappa shape index (κ3) is 2.25. The quantitative estimate of drug-likeness (QED) is 0.884. The van der Waals surface area contributed by atoms with Crippen molar-refractivity contribution in [3.8, 4) is 5.69 Å². The molecule has 88 valence electrons. The van der Waals surface area contributed by atoms with Gasteiger partial charge in [-0.1, -0.05) is 12.1 Å². The summed E-state index contributed by atoms with van der Waals surface area (Å²) in [7, 11) is 0. The van der Waals surface area contributed by atoms with Gasteiger partial charge in [0.15, 0.2) is 0 Å². The van der Waals surface area contributed by atoms with Gasteiger partial charge in [0.2, 0.25) is 0 Å². The van der Waals surface area contributed by atoms with Crippen molar-refractivity contribution in [1.82, 2.24) is 4.57 Å². The van der Waals surface area contributed by atoms with Crippen LogP contribution in [0, 0.1) is 0 Å². The van der Waals surface area contributed by atoms with Crippen LogP contribution in [0.1, 0.15) is 5.56 Å². The zero-order chi connectivity index (χ0) is 12.4. The SMILES string of the molecule is NCc1cc(N)cn(-c2ccccc2Br)c1=O. The summed E-state index contributed by atoms with van der Waals surface area (Å²) >= 11 is 3.41.